The van der Waals surface area contributed by atoms with E-state index in [4.69, 9.17) is 4.74 Å². The van der Waals surface area contributed by atoms with Crippen LogP contribution in [0.3, 0.4) is 0 Å². The zero-order valence-electron chi connectivity index (χ0n) is 11.6. The summed E-state index contributed by atoms with van der Waals surface area (Å²) in [4.78, 5) is 12.2. The van der Waals surface area contributed by atoms with Crippen LogP contribution in [0.4, 0.5) is 4.79 Å². The van der Waals surface area contributed by atoms with Crippen LogP contribution in [-0.2, 0) is 22.3 Å². The number of carbonyl (C=O) groups excluding carboxylic acids is 1. The Hall–Kier alpha value is -1.40. The second-order valence-corrected chi connectivity index (χ2v) is 6.09. The number of amides is 1. The first kappa shape index (κ1) is 15.0. The third kappa shape index (κ3) is 3.80. The summed E-state index contributed by atoms with van der Waals surface area (Å²) >= 11 is 0. The summed E-state index contributed by atoms with van der Waals surface area (Å²) in [6.45, 7) is 4.13. The molecule has 1 N–H and O–H groups in total. The van der Waals surface area contributed by atoms with Gasteiger partial charge in [0.05, 0.1) is 11.5 Å². The number of unbranched alkanes of at least 4 members (excludes halogenated alkanes) is 1. The van der Waals surface area contributed by atoms with E-state index in [2.05, 4.69) is 5.32 Å². The summed E-state index contributed by atoms with van der Waals surface area (Å²) in [5.74, 6) is 0. The number of hydrogen-bond donors (Lipinski definition) is 1. The van der Waals surface area contributed by atoms with E-state index >= 15 is 0 Å². The normalized spacial score (nSPS) is 17.8. The van der Waals surface area contributed by atoms with Gasteiger partial charge in [0.2, 0.25) is 0 Å². The van der Waals surface area contributed by atoms with Gasteiger partial charge in [-0.3, -0.25) is 0 Å². The van der Waals surface area contributed by atoms with E-state index in [-0.39, 0.29) is 0 Å². The van der Waals surface area contributed by atoms with Gasteiger partial charge in [-0.2, -0.15) is 0 Å². The molecule has 110 valence electrons. The maximum absolute atomic E-state index is 12.2. The highest BCUT2D eigenvalue weighted by Gasteiger charge is 2.25. The largest absolute Gasteiger partial charge is 0.450 e. The van der Waals surface area contributed by atoms with Crippen molar-refractivity contribution in [2.75, 3.05) is 19.7 Å². The second-order valence-electron chi connectivity index (χ2n) is 4.64. The van der Waals surface area contributed by atoms with E-state index in [1.54, 1.807) is 0 Å². The predicted molar refractivity (Wildman–Crippen MR) is 77.5 cm³/mol. The molecule has 1 aromatic carbocycles. The van der Waals surface area contributed by atoms with Gasteiger partial charge in [-0.05, 0) is 18.1 Å². The zero-order valence-corrected chi connectivity index (χ0v) is 12.4. The topological polar surface area (TPSA) is 58.6 Å². The number of fused-ring (bicyclic) bond motifs is 1. The average molecular weight is 296 g/mol. The lowest BCUT2D eigenvalue weighted by Gasteiger charge is -2.13. The molecule has 0 spiro atoms. The van der Waals surface area contributed by atoms with Crippen LogP contribution < -0.4 is 5.32 Å². The van der Waals surface area contributed by atoms with E-state index in [9.17, 15) is 9.00 Å². The fraction of sp³-hybridized carbons (Fsp3) is 0.500. The van der Waals surface area contributed by atoms with E-state index in [0.29, 0.717) is 26.2 Å². The molecule has 0 radical (unpaired) electrons. The number of carbonyl (C=O) groups is 1. The van der Waals surface area contributed by atoms with E-state index < -0.39 is 17.1 Å². The quantitative estimate of drug-likeness (QED) is 0.817. The van der Waals surface area contributed by atoms with Crippen LogP contribution in [0.5, 0.6) is 0 Å². The fourth-order valence-electron chi connectivity index (χ4n) is 2.00. The van der Waals surface area contributed by atoms with Crippen LogP contribution in [-0.4, -0.2) is 34.3 Å². The second kappa shape index (κ2) is 7.40. The Balaban J connectivity index is 1.71. The molecule has 1 unspecified atom stereocenters. The first-order valence-corrected chi connectivity index (χ1v) is 7.98. The number of rotatable bonds is 6. The summed E-state index contributed by atoms with van der Waals surface area (Å²) in [7, 11) is -1.12. The van der Waals surface area contributed by atoms with E-state index in [1.165, 1.54) is 0 Å². The summed E-state index contributed by atoms with van der Waals surface area (Å²) in [5, 5.41) is 2.68. The monoisotopic (exact) mass is 296 g/mol. The molecule has 20 heavy (non-hydrogen) atoms. The number of nitrogens with one attached hydrogen (secondary N) is 1. The molecule has 0 aromatic heterocycles. The van der Waals surface area contributed by atoms with Crippen LogP contribution in [0, 0.1) is 0 Å². The Morgan fingerprint density at radius 1 is 1.45 bits per heavy atom. The molecule has 0 saturated heterocycles. The molecule has 0 bridgehead atoms. The van der Waals surface area contributed by atoms with Gasteiger partial charge in [-0.15, -0.1) is 0 Å². The average Bonchev–Trinajstić information content (AvgIpc) is 2.77. The summed E-state index contributed by atoms with van der Waals surface area (Å²) in [5.41, 5.74) is 1.09. The Kier molecular flexibility index (Phi) is 5.55. The van der Waals surface area contributed by atoms with Crippen molar-refractivity contribution in [3.05, 3.63) is 29.8 Å². The van der Waals surface area contributed by atoms with Crippen LogP contribution >= 0.6 is 0 Å². The van der Waals surface area contributed by atoms with Gasteiger partial charge in [0.15, 0.2) is 0 Å². The molecule has 1 aliphatic heterocycles. The Morgan fingerprint density at radius 2 is 2.25 bits per heavy atom. The molecule has 2 rings (SSSR count). The Bertz CT molecular complexity index is 493. The van der Waals surface area contributed by atoms with Crippen LogP contribution in [0.25, 0.3) is 0 Å². The molecule has 1 heterocycles. The number of benzene rings is 1. The third-order valence-electron chi connectivity index (χ3n) is 3.10. The summed E-state index contributed by atoms with van der Waals surface area (Å²) < 4.78 is 19.0. The van der Waals surface area contributed by atoms with Gasteiger partial charge in [-0.1, -0.05) is 31.5 Å². The van der Waals surface area contributed by atoms with Gasteiger partial charge in [0.25, 0.3) is 0 Å². The molecule has 6 heteroatoms. The summed E-state index contributed by atoms with van der Waals surface area (Å²) in [6.07, 6.45) is 1.47. The molecule has 1 aromatic rings. The lowest BCUT2D eigenvalue weighted by Crippen LogP contribution is -2.33. The molecule has 0 fully saturated rings. The minimum atomic E-state index is -1.12. The minimum absolute atomic E-state index is 0.402. The Labute approximate surface area is 121 Å². The van der Waals surface area contributed by atoms with Crippen LogP contribution in [0.2, 0.25) is 0 Å². The molecule has 0 saturated carbocycles. The standard InChI is InChI=1S/C14H20N2O3S/c1-2-3-10-19-14(17)15-8-9-16-11-12-6-4-5-7-13(12)20(16)18/h4-7H,2-3,8-11H2,1H3,(H,15,17). The zero-order chi connectivity index (χ0) is 14.4. The van der Waals surface area contributed by atoms with Crippen molar-refractivity contribution in [1.82, 2.24) is 9.62 Å². The Morgan fingerprint density at radius 3 is 3.00 bits per heavy atom. The van der Waals surface area contributed by atoms with E-state index in [1.807, 2.05) is 35.5 Å². The van der Waals surface area contributed by atoms with Gasteiger partial charge in [-0.25, -0.2) is 13.3 Å². The number of alkyl carbamates (subject to hydrolysis) is 1. The molecule has 0 aliphatic carbocycles. The molecule has 5 nitrogen and oxygen atoms in total. The highest BCUT2D eigenvalue weighted by Crippen LogP contribution is 2.25. The number of ether oxygens (including phenoxy) is 1. The maximum Gasteiger partial charge on any atom is 0.407 e. The lowest BCUT2D eigenvalue weighted by atomic mass is 10.2. The maximum atomic E-state index is 12.2. The van der Waals surface area contributed by atoms with Crippen LogP contribution in [0.1, 0.15) is 25.3 Å². The smallest absolute Gasteiger partial charge is 0.407 e. The first-order valence-electron chi connectivity index (χ1n) is 6.87. The summed E-state index contributed by atoms with van der Waals surface area (Å²) in [6, 6.07) is 7.71. The molecular formula is C14H20N2O3S. The van der Waals surface area contributed by atoms with Gasteiger partial charge < -0.3 is 10.1 Å². The third-order valence-corrected chi connectivity index (χ3v) is 4.66. The van der Waals surface area contributed by atoms with Crippen LogP contribution in [0.15, 0.2) is 29.2 Å². The first-order chi connectivity index (χ1) is 9.72. The highest BCUT2D eigenvalue weighted by molar-refractivity contribution is 7.83. The van der Waals surface area contributed by atoms with Gasteiger partial charge >= 0.3 is 6.09 Å². The fourth-order valence-corrected chi connectivity index (χ4v) is 3.34. The van der Waals surface area contributed by atoms with Crippen molar-refractivity contribution in [3.8, 4) is 0 Å². The van der Waals surface area contributed by atoms with Crippen molar-refractivity contribution in [2.24, 2.45) is 0 Å². The highest BCUT2D eigenvalue weighted by atomic mass is 32.2. The molecular weight excluding hydrogens is 276 g/mol. The van der Waals surface area contributed by atoms with Gasteiger partial charge in [0.1, 0.15) is 11.0 Å². The molecule has 1 amide bonds. The number of hydrogen-bond acceptors (Lipinski definition) is 3. The lowest BCUT2D eigenvalue weighted by molar-refractivity contribution is 0.144. The minimum Gasteiger partial charge on any atom is -0.450 e. The van der Waals surface area contributed by atoms with Gasteiger partial charge in [0, 0.05) is 19.6 Å². The van der Waals surface area contributed by atoms with E-state index in [0.717, 1.165) is 23.3 Å². The van der Waals surface area contributed by atoms with Crippen molar-refractivity contribution >= 4 is 17.1 Å². The van der Waals surface area contributed by atoms with Crippen molar-refractivity contribution < 1.29 is 13.7 Å². The predicted octanol–water partition coefficient (Wildman–Crippen LogP) is 2.05. The SMILES string of the molecule is CCCCOC(=O)NCCN1Cc2ccccc2S1=O. The molecule has 1 aliphatic rings. The van der Waals surface area contributed by atoms with Crippen molar-refractivity contribution in [2.45, 2.75) is 31.2 Å². The molecule has 1 atom stereocenters. The number of nitrogens with zero attached hydrogens (tertiary/aromatic N) is 1. The van der Waals surface area contributed by atoms with Crippen molar-refractivity contribution in [3.63, 3.8) is 0 Å². The van der Waals surface area contributed by atoms with Crippen molar-refractivity contribution in [1.29, 1.82) is 0 Å².